The molecule has 0 aromatic carbocycles. The number of nitriles is 1. The number of carbonyl (C=O) groups is 1. The van der Waals surface area contributed by atoms with Crippen molar-refractivity contribution in [3.05, 3.63) is 23.6 Å². The van der Waals surface area contributed by atoms with Crippen molar-refractivity contribution in [1.82, 2.24) is 5.16 Å². The van der Waals surface area contributed by atoms with Gasteiger partial charge < -0.3 is 9.84 Å². The first-order chi connectivity index (χ1) is 7.70. The third-order valence-electron chi connectivity index (χ3n) is 2.33. The summed E-state index contributed by atoms with van der Waals surface area (Å²) in [7, 11) is 0. The molecule has 1 saturated carbocycles. The van der Waals surface area contributed by atoms with Gasteiger partial charge in [0.1, 0.15) is 17.4 Å². The number of hydrogen-bond acceptors (Lipinski definition) is 5. The lowest BCUT2D eigenvalue weighted by atomic mass is 10.1. The molecule has 2 rings (SSSR count). The molecular weight excluding hydrogens is 206 g/mol. The van der Waals surface area contributed by atoms with Crippen LogP contribution >= 0.6 is 0 Å². The van der Waals surface area contributed by atoms with Gasteiger partial charge in [0.05, 0.1) is 0 Å². The number of allylic oxidation sites excluding steroid dienone is 1. The topological polar surface area (TPSA) is 78.9 Å². The van der Waals surface area contributed by atoms with E-state index in [-0.39, 0.29) is 17.3 Å². The fourth-order valence-corrected chi connectivity index (χ4v) is 1.30. The molecule has 16 heavy (non-hydrogen) atoms. The van der Waals surface area contributed by atoms with Crippen molar-refractivity contribution in [2.75, 3.05) is 5.32 Å². The molecule has 5 heteroatoms. The predicted octanol–water partition coefficient (Wildman–Crippen LogP) is 1.78. The van der Waals surface area contributed by atoms with Crippen molar-refractivity contribution >= 4 is 11.6 Å². The second-order valence-electron chi connectivity index (χ2n) is 3.78. The van der Waals surface area contributed by atoms with E-state index in [1.54, 1.807) is 13.0 Å². The lowest BCUT2D eigenvalue weighted by molar-refractivity contribution is -0.116. The second-order valence-corrected chi connectivity index (χ2v) is 3.78. The fourth-order valence-electron chi connectivity index (χ4n) is 1.30. The Labute approximate surface area is 92.7 Å². The van der Waals surface area contributed by atoms with E-state index in [9.17, 15) is 4.79 Å². The maximum absolute atomic E-state index is 11.6. The molecule has 0 bridgehead atoms. The maximum atomic E-state index is 11.6. The molecule has 0 amide bonds. The average Bonchev–Trinajstić information content (AvgIpc) is 3.04. The van der Waals surface area contributed by atoms with Gasteiger partial charge in [-0.25, -0.2) is 0 Å². The lowest BCUT2D eigenvalue weighted by Gasteiger charge is -1.96. The number of nitrogens with zero attached hydrogens (tertiary/aromatic N) is 2. The summed E-state index contributed by atoms with van der Waals surface area (Å²) in [6, 6.07) is 3.58. The van der Waals surface area contributed by atoms with Gasteiger partial charge in [0, 0.05) is 18.2 Å². The van der Waals surface area contributed by atoms with Gasteiger partial charge in [-0.1, -0.05) is 5.16 Å². The van der Waals surface area contributed by atoms with Crippen molar-refractivity contribution in [1.29, 1.82) is 5.26 Å². The first kappa shape index (κ1) is 10.4. The zero-order valence-electron chi connectivity index (χ0n) is 8.86. The van der Waals surface area contributed by atoms with Crippen LogP contribution in [-0.2, 0) is 4.79 Å². The van der Waals surface area contributed by atoms with E-state index in [1.807, 2.05) is 6.07 Å². The highest BCUT2D eigenvalue weighted by molar-refractivity contribution is 6.02. The summed E-state index contributed by atoms with van der Waals surface area (Å²) in [4.78, 5) is 11.6. The quantitative estimate of drug-likeness (QED) is 0.614. The Morgan fingerprint density at radius 2 is 2.50 bits per heavy atom. The van der Waals surface area contributed by atoms with Crippen LogP contribution in [0.25, 0.3) is 0 Å². The zero-order valence-corrected chi connectivity index (χ0v) is 8.86. The van der Waals surface area contributed by atoms with Crippen molar-refractivity contribution < 1.29 is 9.32 Å². The summed E-state index contributed by atoms with van der Waals surface area (Å²) in [5, 5.41) is 15.3. The summed E-state index contributed by atoms with van der Waals surface area (Å²) in [6.07, 6.45) is 3.17. The van der Waals surface area contributed by atoms with Crippen molar-refractivity contribution in [2.24, 2.45) is 5.92 Å². The van der Waals surface area contributed by atoms with Gasteiger partial charge in [-0.3, -0.25) is 4.79 Å². The van der Waals surface area contributed by atoms with Crippen LogP contribution in [-0.4, -0.2) is 10.9 Å². The molecule has 1 aliphatic rings. The van der Waals surface area contributed by atoms with Gasteiger partial charge in [-0.05, 0) is 19.8 Å². The van der Waals surface area contributed by atoms with Crippen LogP contribution in [0, 0.1) is 24.2 Å². The van der Waals surface area contributed by atoms with Crippen molar-refractivity contribution in [3.63, 3.8) is 0 Å². The maximum Gasteiger partial charge on any atom is 0.177 e. The van der Waals surface area contributed by atoms with Gasteiger partial charge in [0.2, 0.25) is 0 Å². The minimum absolute atomic E-state index is 0.0479. The molecule has 1 fully saturated rings. The van der Waals surface area contributed by atoms with Gasteiger partial charge >= 0.3 is 0 Å². The number of nitrogens with one attached hydrogen (secondary N) is 1. The number of carbonyl (C=O) groups excluding carboxylic acids is 1. The molecule has 0 saturated heterocycles. The molecule has 1 aromatic rings. The summed E-state index contributed by atoms with van der Waals surface area (Å²) >= 11 is 0. The Hall–Kier alpha value is -2.09. The second kappa shape index (κ2) is 4.19. The number of rotatable bonds is 4. The molecule has 0 unspecified atom stereocenters. The first-order valence-corrected chi connectivity index (χ1v) is 5.05. The van der Waals surface area contributed by atoms with E-state index in [2.05, 4.69) is 10.5 Å². The summed E-state index contributed by atoms with van der Waals surface area (Å²) < 4.78 is 4.84. The monoisotopic (exact) mass is 217 g/mol. The average molecular weight is 217 g/mol. The molecule has 1 heterocycles. The third kappa shape index (κ3) is 2.28. The van der Waals surface area contributed by atoms with Crippen LogP contribution in [0.5, 0.6) is 0 Å². The minimum atomic E-state index is -0.0878. The predicted molar refractivity (Wildman–Crippen MR) is 56.3 cm³/mol. The number of Topliss-reactive ketones (excluding diaryl/α,β-unsaturated/α-hetero) is 1. The Morgan fingerprint density at radius 1 is 1.75 bits per heavy atom. The smallest absolute Gasteiger partial charge is 0.177 e. The van der Waals surface area contributed by atoms with Crippen LogP contribution in [0.4, 0.5) is 5.82 Å². The van der Waals surface area contributed by atoms with Crippen molar-refractivity contribution in [3.8, 4) is 6.07 Å². The van der Waals surface area contributed by atoms with Crippen LogP contribution in [0.2, 0.25) is 0 Å². The fraction of sp³-hybridized carbons (Fsp3) is 0.364. The Bertz CT molecular complexity index is 478. The number of anilines is 1. The molecule has 0 atom stereocenters. The van der Waals surface area contributed by atoms with E-state index in [0.29, 0.717) is 11.6 Å². The summed E-state index contributed by atoms with van der Waals surface area (Å²) in [5.74, 6) is 1.12. The highest BCUT2D eigenvalue weighted by atomic mass is 16.5. The van der Waals surface area contributed by atoms with E-state index < -0.39 is 0 Å². The third-order valence-corrected chi connectivity index (χ3v) is 2.33. The largest absolute Gasteiger partial charge is 0.360 e. The highest BCUT2D eigenvalue weighted by Gasteiger charge is 2.31. The number of aryl methyl sites for hydroxylation is 1. The van der Waals surface area contributed by atoms with Crippen LogP contribution in [0.3, 0.4) is 0 Å². The standard InChI is InChI=1S/C11H11N3O2/c1-7-4-10(14-16-7)13-6-9(5-12)11(15)8-2-3-8/h4,6,8H,2-3H2,1H3,(H,13,14)/b9-6+. The van der Waals surface area contributed by atoms with E-state index >= 15 is 0 Å². The number of aromatic nitrogens is 1. The molecule has 82 valence electrons. The highest BCUT2D eigenvalue weighted by Crippen LogP contribution is 2.32. The zero-order chi connectivity index (χ0) is 11.5. The van der Waals surface area contributed by atoms with Crippen molar-refractivity contribution in [2.45, 2.75) is 19.8 Å². The molecular formula is C11H11N3O2. The van der Waals surface area contributed by atoms with Gasteiger partial charge in [0.25, 0.3) is 0 Å². The normalized spacial score (nSPS) is 15.6. The minimum Gasteiger partial charge on any atom is -0.360 e. The van der Waals surface area contributed by atoms with Crippen LogP contribution in [0.1, 0.15) is 18.6 Å². The molecule has 0 radical (unpaired) electrons. The lowest BCUT2D eigenvalue weighted by Crippen LogP contribution is -2.05. The van der Waals surface area contributed by atoms with Crippen LogP contribution < -0.4 is 5.32 Å². The summed E-state index contributed by atoms with van der Waals surface area (Å²) in [6.45, 7) is 1.77. The number of ketones is 1. The Balaban J connectivity index is 2.04. The SMILES string of the molecule is Cc1cc(N/C=C(\C#N)C(=O)C2CC2)no1. The molecule has 5 nitrogen and oxygen atoms in total. The molecule has 0 spiro atoms. The van der Waals surface area contributed by atoms with Crippen LogP contribution in [0.15, 0.2) is 22.4 Å². The number of hydrogen-bond donors (Lipinski definition) is 1. The van der Waals surface area contributed by atoms with Gasteiger partial charge in [-0.15, -0.1) is 0 Å². The van der Waals surface area contributed by atoms with E-state index in [0.717, 1.165) is 12.8 Å². The Kier molecular flexibility index (Phi) is 2.73. The van der Waals surface area contributed by atoms with E-state index in [4.69, 9.17) is 9.78 Å². The van der Waals surface area contributed by atoms with Gasteiger partial charge in [0.15, 0.2) is 11.6 Å². The molecule has 1 aliphatic carbocycles. The summed E-state index contributed by atoms with van der Waals surface area (Å²) in [5.41, 5.74) is 0.142. The Morgan fingerprint density at radius 3 is 3.00 bits per heavy atom. The first-order valence-electron chi connectivity index (χ1n) is 5.05. The molecule has 1 aromatic heterocycles. The van der Waals surface area contributed by atoms with Gasteiger partial charge in [-0.2, -0.15) is 5.26 Å². The molecule has 0 aliphatic heterocycles. The van der Waals surface area contributed by atoms with E-state index in [1.165, 1.54) is 6.20 Å². The molecule has 1 N–H and O–H groups in total.